The predicted molar refractivity (Wildman–Crippen MR) is 84.6 cm³/mol. The van der Waals surface area contributed by atoms with Crippen LogP contribution in [0.2, 0.25) is 5.02 Å². The van der Waals surface area contributed by atoms with Gasteiger partial charge in [-0.15, -0.1) is 6.58 Å². The van der Waals surface area contributed by atoms with E-state index in [-0.39, 0.29) is 0 Å². The Bertz CT molecular complexity index is 627. The summed E-state index contributed by atoms with van der Waals surface area (Å²) in [4.78, 5) is 8.25. The molecule has 0 aliphatic rings. The molecule has 0 fully saturated rings. The van der Waals surface area contributed by atoms with Crippen molar-refractivity contribution in [1.29, 1.82) is 0 Å². The topological polar surface area (TPSA) is 75.9 Å². The molecule has 0 bridgehead atoms. The number of anilines is 4. The first kappa shape index (κ1) is 14.1. The second-order valence-electron chi connectivity index (χ2n) is 4.19. The lowest BCUT2D eigenvalue weighted by Crippen LogP contribution is -2.08. The minimum atomic E-state index is 0.453. The Kier molecular flexibility index (Phi) is 4.42. The molecule has 5 nitrogen and oxygen atoms in total. The lowest BCUT2D eigenvalue weighted by atomic mass is 10.2. The Morgan fingerprint density at radius 3 is 2.85 bits per heavy atom. The SMILES string of the molecule is C=CCNc1ncnc(Nc2cccc(Cl)c2C)c1N. The van der Waals surface area contributed by atoms with Gasteiger partial charge in [0.05, 0.1) is 0 Å². The number of hydrogen-bond donors (Lipinski definition) is 3. The van der Waals surface area contributed by atoms with Gasteiger partial charge in [0.25, 0.3) is 0 Å². The number of halogens is 1. The van der Waals surface area contributed by atoms with E-state index in [4.69, 9.17) is 17.3 Å². The molecule has 0 aliphatic carbocycles. The van der Waals surface area contributed by atoms with Gasteiger partial charge in [-0.1, -0.05) is 23.7 Å². The van der Waals surface area contributed by atoms with E-state index in [9.17, 15) is 0 Å². The number of benzene rings is 1. The molecule has 1 aromatic carbocycles. The Balaban J connectivity index is 2.29. The zero-order valence-electron chi connectivity index (χ0n) is 11.2. The fraction of sp³-hybridized carbons (Fsp3) is 0.143. The zero-order chi connectivity index (χ0) is 14.5. The van der Waals surface area contributed by atoms with Crippen LogP contribution in [0.15, 0.2) is 37.2 Å². The van der Waals surface area contributed by atoms with E-state index in [1.807, 2.05) is 25.1 Å². The molecule has 0 aliphatic heterocycles. The first-order valence-electron chi connectivity index (χ1n) is 6.11. The van der Waals surface area contributed by atoms with Gasteiger partial charge >= 0.3 is 0 Å². The number of aromatic nitrogens is 2. The van der Waals surface area contributed by atoms with Gasteiger partial charge < -0.3 is 16.4 Å². The van der Waals surface area contributed by atoms with Gasteiger partial charge in [0, 0.05) is 17.3 Å². The maximum atomic E-state index is 6.09. The van der Waals surface area contributed by atoms with Crippen molar-refractivity contribution in [3.05, 3.63) is 47.8 Å². The highest BCUT2D eigenvalue weighted by molar-refractivity contribution is 6.31. The lowest BCUT2D eigenvalue weighted by Gasteiger charge is -2.13. The minimum absolute atomic E-state index is 0.453. The maximum absolute atomic E-state index is 6.09. The summed E-state index contributed by atoms with van der Waals surface area (Å²) < 4.78 is 0. The van der Waals surface area contributed by atoms with Crippen molar-refractivity contribution in [3.8, 4) is 0 Å². The van der Waals surface area contributed by atoms with Crippen molar-refractivity contribution in [1.82, 2.24) is 9.97 Å². The average molecular weight is 290 g/mol. The summed E-state index contributed by atoms with van der Waals surface area (Å²) in [6, 6.07) is 5.62. The van der Waals surface area contributed by atoms with Crippen molar-refractivity contribution in [2.24, 2.45) is 0 Å². The van der Waals surface area contributed by atoms with Crippen molar-refractivity contribution in [3.63, 3.8) is 0 Å². The van der Waals surface area contributed by atoms with Crippen LogP contribution in [0.3, 0.4) is 0 Å². The van der Waals surface area contributed by atoms with Gasteiger partial charge in [0.1, 0.15) is 12.0 Å². The van der Waals surface area contributed by atoms with E-state index < -0.39 is 0 Å². The third-order valence-electron chi connectivity index (χ3n) is 2.82. The molecule has 0 saturated heterocycles. The highest BCUT2D eigenvalue weighted by atomic mass is 35.5. The van der Waals surface area contributed by atoms with Crippen LogP contribution in [-0.4, -0.2) is 16.5 Å². The van der Waals surface area contributed by atoms with Gasteiger partial charge in [-0.05, 0) is 24.6 Å². The molecule has 1 heterocycles. The summed E-state index contributed by atoms with van der Waals surface area (Å²) in [5, 5.41) is 6.91. The van der Waals surface area contributed by atoms with Crippen LogP contribution in [0.1, 0.15) is 5.56 Å². The van der Waals surface area contributed by atoms with Crippen molar-refractivity contribution in [2.45, 2.75) is 6.92 Å². The molecule has 0 radical (unpaired) electrons. The van der Waals surface area contributed by atoms with Crippen LogP contribution >= 0.6 is 11.6 Å². The molecule has 0 saturated carbocycles. The Morgan fingerprint density at radius 1 is 1.35 bits per heavy atom. The molecule has 6 heteroatoms. The number of hydrogen-bond acceptors (Lipinski definition) is 5. The molecule has 2 rings (SSSR count). The summed E-state index contributed by atoms with van der Waals surface area (Å²) in [6.45, 7) is 6.15. The van der Waals surface area contributed by atoms with Crippen LogP contribution < -0.4 is 16.4 Å². The monoisotopic (exact) mass is 289 g/mol. The normalized spacial score (nSPS) is 10.1. The number of rotatable bonds is 5. The van der Waals surface area contributed by atoms with E-state index in [1.165, 1.54) is 6.33 Å². The lowest BCUT2D eigenvalue weighted by molar-refractivity contribution is 1.14. The van der Waals surface area contributed by atoms with Gasteiger partial charge in [0.15, 0.2) is 11.6 Å². The van der Waals surface area contributed by atoms with Gasteiger partial charge in [-0.25, -0.2) is 9.97 Å². The number of nitrogens with two attached hydrogens (primary N) is 1. The molecule has 0 unspecified atom stereocenters. The number of nitrogens with one attached hydrogen (secondary N) is 2. The highest BCUT2D eigenvalue weighted by Gasteiger charge is 2.09. The molecule has 104 valence electrons. The second kappa shape index (κ2) is 6.25. The zero-order valence-corrected chi connectivity index (χ0v) is 11.9. The first-order chi connectivity index (χ1) is 9.63. The molecule has 0 atom stereocenters. The molecular formula is C14H16ClN5. The van der Waals surface area contributed by atoms with Gasteiger partial charge in [-0.2, -0.15) is 0 Å². The van der Waals surface area contributed by atoms with Crippen LogP contribution in [0, 0.1) is 6.92 Å². The van der Waals surface area contributed by atoms with Crippen molar-refractivity contribution in [2.75, 3.05) is 22.9 Å². The largest absolute Gasteiger partial charge is 0.393 e. The number of nitrogen functional groups attached to an aromatic ring is 1. The average Bonchev–Trinajstić information content (AvgIpc) is 2.44. The molecule has 20 heavy (non-hydrogen) atoms. The Labute approximate surface area is 122 Å². The molecule has 2 aromatic rings. The summed E-state index contributed by atoms with van der Waals surface area (Å²) in [5.41, 5.74) is 8.29. The highest BCUT2D eigenvalue weighted by Crippen LogP contribution is 2.29. The van der Waals surface area contributed by atoms with Crippen LogP contribution in [-0.2, 0) is 0 Å². The van der Waals surface area contributed by atoms with Gasteiger partial charge in [0.2, 0.25) is 0 Å². The van der Waals surface area contributed by atoms with Crippen molar-refractivity contribution < 1.29 is 0 Å². The van der Waals surface area contributed by atoms with Crippen LogP contribution in [0.25, 0.3) is 0 Å². The van der Waals surface area contributed by atoms with Crippen molar-refractivity contribution >= 4 is 34.6 Å². The second-order valence-corrected chi connectivity index (χ2v) is 4.60. The standard InChI is InChI=1S/C14H16ClN5/c1-3-7-17-13-12(16)14(19-8-18-13)20-11-6-4-5-10(15)9(11)2/h3-6,8H,1,7,16H2,2H3,(H2,17,18,19,20). The van der Waals surface area contributed by atoms with E-state index in [0.717, 1.165) is 11.3 Å². The van der Waals surface area contributed by atoms with Crippen LogP contribution in [0.5, 0.6) is 0 Å². The molecule has 0 spiro atoms. The third kappa shape index (κ3) is 3.00. The summed E-state index contributed by atoms with van der Waals surface area (Å²) in [5.74, 6) is 1.11. The minimum Gasteiger partial charge on any atom is -0.393 e. The fourth-order valence-electron chi connectivity index (χ4n) is 1.68. The fourth-order valence-corrected chi connectivity index (χ4v) is 1.85. The van der Waals surface area contributed by atoms with E-state index in [1.54, 1.807) is 6.08 Å². The van der Waals surface area contributed by atoms with E-state index >= 15 is 0 Å². The molecular weight excluding hydrogens is 274 g/mol. The van der Waals surface area contributed by atoms with Gasteiger partial charge in [-0.3, -0.25) is 0 Å². The third-order valence-corrected chi connectivity index (χ3v) is 3.23. The summed E-state index contributed by atoms with van der Waals surface area (Å²) in [6.07, 6.45) is 3.18. The van der Waals surface area contributed by atoms with E-state index in [2.05, 4.69) is 27.2 Å². The maximum Gasteiger partial charge on any atom is 0.159 e. The summed E-state index contributed by atoms with van der Waals surface area (Å²) >= 11 is 6.09. The Morgan fingerprint density at radius 2 is 2.10 bits per heavy atom. The molecule has 0 amide bonds. The van der Waals surface area contributed by atoms with E-state index in [0.29, 0.717) is 28.9 Å². The molecule has 1 aromatic heterocycles. The summed E-state index contributed by atoms with van der Waals surface area (Å²) in [7, 11) is 0. The first-order valence-corrected chi connectivity index (χ1v) is 6.48. The van der Waals surface area contributed by atoms with Crippen LogP contribution in [0.4, 0.5) is 23.0 Å². The predicted octanol–water partition coefficient (Wildman–Crippen LogP) is 3.36. The quantitative estimate of drug-likeness (QED) is 0.736. The molecule has 4 N–H and O–H groups in total. The number of nitrogens with zero attached hydrogens (tertiary/aromatic N) is 2. The smallest absolute Gasteiger partial charge is 0.159 e. The Hall–Kier alpha value is -2.27.